The first-order valence-corrected chi connectivity index (χ1v) is 11.0. The third-order valence-corrected chi connectivity index (χ3v) is 6.37. The molecule has 146 valence electrons. The quantitative estimate of drug-likeness (QED) is 0.323. The van der Waals surface area contributed by atoms with Crippen LogP contribution in [0.1, 0.15) is 11.1 Å². The molecule has 1 N–H and O–H groups in total. The number of para-hydroxylation sites is 1. The Balaban J connectivity index is 1.53. The lowest BCUT2D eigenvalue weighted by molar-refractivity contribution is -0.118. The third kappa shape index (κ3) is 4.59. The fraction of sp³-hybridized carbons (Fsp3) is 0.130. The molecule has 0 aliphatic carbocycles. The van der Waals surface area contributed by atoms with Crippen LogP contribution in [0.5, 0.6) is 5.75 Å². The van der Waals surface area contributed by atoms with Crippen LogP contribution in [-0.4, -0.2) is 17.5 Å². The summed E-state index contributed by atoms with van der Waals surface area (Å²) in [4.78, 5) is 17.3. The summed E-state index contributed by atoms with van der Waals surface area (Å²) in [5, 5.41) is 3.86. The molecule has 4 nitrogen and oxygen atoms in total. The number of carbonyl (C=O) groups excluding carboxylic acids is 1. The number of ether oxygens (including phenoxy) is 1. The Bertz CT molecular complexity index is 1170. The first kappa shape index (κ1) is 19.8. The molecule has 0 fully saturated rings. The molecule has 4 rings (SSSR count). The monoisotopic (exact) mass is 514 g/mol. The highest BCUT2D eigenvalue weighted by atomic mass is 127. The molecule has 29 heavy (non-hydrogen) atoms. The number of hydrogen-bond donors (Lipinski definition) is 1. The van der Waals surface area contributed by atoms with E-state index in [9.17, 15) is 4.79 Å². The van der Waals surface area contributed by atoms with Crippen molar-refractivity contribution in [2.24, 2.45) is 0 Å². The van der Waals surface area contributed by atoms with Gasteiger partial charge in [0.2, 0.25) is 0 Å². The normalized spacial score (nSPS) is 10.9. The van der Waals surface area contributed by atoms with Gasteiger partial charge in [0.25, 0.3) is 5.91 Å². The fourth-order valence-corrected chi connectivity index (χ4v) is 4.42. The van der Waals surface area contributed by atoms with E-state index in [1.807, 2.05) is 68.4 Å². The highest BCUT2D eigenvalue weighted by Gasteiger charge is 2.14. The van der Waals surface area contributed by atoms with Crippen molar-refractivity contribution in [3.05, 3.63) is 75.4 Å². The summed E-state index contributed by atoms with van der Waals surface area (Å²) >= 11 is 3.89. The van der Waals surface area contributed by atoms with E-state index in [0.29, 0.717) is 5.75 Å². The standard InChI is InChI=1S/C23H19IN2O2S/c1-14-7-9-17(11-15(14)2)28-13-22(27)25-19-10-8-16(24)12-18(19)23-26-20-5-3-4-6-21(20)29-23/h3-12H,13H2,1-2H3,(H,25,27). The highest BCUT2D eigenvalue weighted by molar-refractivity contribution is 14.1. The van der Waals surface area contributed by atoms with Crippen LogP contribution >= 0.6 is 33.9 Å². The summed E-state index contributed by atoms with van der Waals surface area (Å²) < 4.78 is 7.87. The van der Waals surface area contributed by atoms with Crippen LogP contribution < -0.4 is 10.1 Å². The number of halogens is 1. The predicted octanol–water partition coefficient (Wildman–Crippen LogP) is 6.20. The number of hydrogen-bond acceptors (Lipinski definition) is 4. The SMILES string of the molecule is Cc1ccc(OCC(=O)Nc2ccc(I)cc2-c2nc3ccccc3s2)cc1C. The van der Waals surface area contributed by atoms with E-state index < -0.39 is 0 Å². The van der Waals surface area contributed by atoms with Crippen molar-refractivity contribution in [3.63, 3.8) is 0 Å². The summed E-state index contributed by atoms with van der Waals surface area (Å²) in [6, 6.07) is 19.8. The molecule has 1 amide bonds. The second-order valence-electron chi connectivity index (χ2n) is 6.76. The molecule has 0 unspecified atom stereocenters. The van der Waals surface area contributed by atoms with Gasteiger partial charge in [-0.05, 0) is 90.0 Å². The molecule has 3 aromatic carbocycles. The Kier molecular flexibility index (Phi) is 5.82. The second-order valence-corrected chi connectivity index (χ2v) is 9.04. The molecule has 0 radical (unpaired) electrons. The number of thiazole rings is 1. The van der Waals surface area contributed by atoms with Crippen LogP contribution in [-0.2, 0) is 4.79 Å². The Labute approximate surface area is 187 Å². The van der Waals surface area contributed by atoms with E-state index in [-0.39, 0.29) is 12.5 Å². The Morgan fingerprint density at radius 2 is 1.90 bits per heavy atom. The summed E-state index contributed by atoms with van der Waals surface area (Å²) in [5.41, 5.74) is 4.94. The molecular formula is C23H19IN2O2S. The maximum atomic E-state index is 12.5. The minimum absolute atomic E-state index is 0.0478. The summed E-state index contributed by atoms with van der Waals surface area (Å²) in [5.74, 6) is 0.490. The number of aromatic nitrogens is 1. The predicted molar refractivity (Wildman–Crippen MR) is 128 cm³/mol. The lowest BCUT2D eigenvalue weighted by Gasteiger charge is -2.12. The van der Waals surface area contributed by atoms with Gasteiger partial charge in [0.05, 0.1) is 15.9 Å². The molecule has 0 spiro atoms. The van der Waals surface area contributed by atoms with E-state index in [2.05, 4.69) is 34.0 Å². The smallest absolute Gasteiger partial charge is 0.262 e. The molecule has 0 saturated heterocycles. The molecule has 1 heterocycles. The van der Waals surface area contributed by atoms with Gasteiger partial charge in [0.1, 0.15) is 10.8 Å². The van der Waals surface area contributed by atoms with Crippen molar-refractivity contribution in [1.82, 2.24) is 4.98 Å². The molecule has 0 aliphatic rings. The van der Waals surface area contributed by atoms with Crippen molar-refractivity contribution >= 4 is 55.7 Å². The number of anilines is 1. The zero-order valence-corrected chi connectivity index (χ0v) is 19.0. The van der Waals surface area contributed by atoms with E-state index in [4.69, 9.17) is 9.72 Å². The summed E-state index contributed by atoms with van der Waals surface area (Å²) in [6.45, 7) is 4.03. The van der Waals surface area contributed by atoms with Crippen LogP contribution in [0.15, 0.2) is 60.7 Å². The first-order chi connectivity index (χ1) is 14.0. The average molecular weight is 514 g/mol. The Morgan fingerprint density at radius 3 is 2.69 bits per heavy atom. The molecule has 0 atom stereocenters. The number of aryl methyl sites for hydroxylation is 2. The van der Waals surface area contributed by atoms with Crippen molar-refractivity contribution < 1.29 is 9.53 Å². The van der Waals surface area contributed by atoms with Gasteiger partial charge in [0.15, 0.2) is 6.61 Å². The molecular weight excluding hydrogens is 495 g/mol. The van der Waals surface area contributed by atoms with Crippen LogP contribution in [0.25, 0.3) is 20.8 Å². The van der Waals surface area contributed by atoms with Gasteiger partial charge in [-0.15, -0.1) is 11.3 Å². The molecule has 1 aromatic heterocycles. The number of amides is 1. The van der Waals surface area contributed by atoms with Gasteiger partial charge in [-0.25, -0.2) is 4.98 Å². The minimum Gasteiger partial charge on any atom is -0.484 e. The summed E-state index contributed by atoms with van der Waals surface area (Å²) in [7, 11) is 0. The number of nitrogens with zero attached hydrogens (tertiary/aromatic N) is 1. The van der Waals surface area contributed by atoms with Crippen LogP contribution in [0, 0.1) is 17.4 Å². The number of rotatable bonds is 5. The van der Waals surface area contributed by atoms with Crippen LogP contribution in [0.2, 0.25) is 0 Å². The van der Waals surface area contributed by atoms with Crippen molar-refractivity contribution in [3.8, 4) is 16.3 Å². The molecule has 0 bridgehead atoms. The zero-order chi connectivity index (χ0) is 20.4. The number of benzene rings is 3. The Hall–Kier alpha value is -2.45. The van der Waals surface area contributed by atoms with E-state index >= 15 is 0 Å². The highest BCUT2D eigenvalue weighted by Crippen LogP contribution is 2.35. The van der Waals surface area contributed by atoms with E-state index in [1.54, 1.807) is 11.3 Å². The maximum absolute atomic E-state index is 12.5. The molecule has 4 aromatic rings. The van der Waals surface area contributed by atoms with Gasteiger partial charge >= 0.3 is 0 Å². The number of fused-ring (bicyclic) bond motifs is 1. The van der Waals surface area contributed by atoms with Gasteiger partial charge in [-0.3, -0.25) is 4.79 Å². The average Bonchev–Trinajstić information content (AvgIpc) is 3.14. The largest absolute Gasteiger partial charge is 0.484 e. The van der Waals surface area contributed by atoms with Crippen molar-refractivity contribution in [1.29, 1.82) is 0 Å². The Morgan fingerprint density at radius 1 is 1.07 bits per heavy atom. The van der Waals surface area contributed by atoms with Crippen molar-refractivity contribution in [2.75, 3.05) is 11.9 Å². The lowest BCUT2D eigenvalue weighted by atomic mass is 10.1. The molecule has 0 aliphatic heterocycles. The second kappa shape index (κ2) is 8.51. The van der Waals surface area contributed by atoms with E-state index in [1.165, 1.54) is 5.56 Å². The lowest BCUT2D eigenvalue weighted by Crippen LogP contribution is -2.20. The fourth-order valence-electron chi connectivity index (χ4n) is 2.93. The van der Waals surface area contributed by atoms with Crippen LogP contribution in [0.4, 0.5) is 5.69 Å². The first-order valence-electron chi connectivity index (χ1n) is 9.15. The number of nitrogens with one attached hydrogen (secondary N) is 1. The summed E-state index contributed by atoms with van der Waals surface area (Å²) in [6.07, 6.45) is 0. The van der Waals surface area contributed by atoms with Gasteiger partial charge in [-0.2, -0.15) is 0 Å². The topological polar surface area (TPSA) is 51.2 Å². The molecule has 0 saturated carbocycles. The minimum atomic E-state index is -0.202. The van der Waals surface area contributed by atoms with Gasteiger partial charge in [-0.1, -0.05) is 18.2 Å². The zero-order valence-electron chi connectivity index (χ0n) is 16.0. The molecule has 6 heteroatoms. The maximum Gasteiger partial charge on any atom is 0.262 e. The van der Waals surface area contributed by atoms with Crippen LogP contribution in [0.3, 0.4) is 0 Å². The number of carbonyl (C=O) groups is 1. The third-order valence-electron chi connectivity index (χ3n) is 4.63. The van der Waals surface area contributed by atoms with Gasteiger partial charge < -0.3 is 10.1 Å². The van der Waals surface area contributed by atoms with Crippen molar-refractivity contribution in [2.45, 2.75) is 13.8 Å². The van der Waals surface area contributed by atoms with E-state index in [0.717, 1.165) is 35.6 Å². The van der Waals surface area contributed by atoms with Gasteiger partial charge in [0, 0.05) is 9.13 Å².